The highest BCUT2D eigenvalue weighted by atomic mass is 32.1. The fourth-order valence-corrected chi connectivity index (χ4v) is 2.43. The summed E-state index contributed by atoms with van der Waals surface area (Å²) in [5.41, 5.74) is 0.846. The quantitative estimate of drug-likeness (QED) is 0.656. The first-order valence-electron chi connectivity index (χ1n) is 6.11. The van der Waals surface area contributed by atoms with E-state index in [1.807, 2.05) is 24.3 Å². The van der Waals surface area contributed by atoms with Crippen LogP contribution >= 0.6 is 11.3 Å². The van der Waals surface area contributed by atoms with Crippen LogP contribution in [0.5, 0.6) is 0 Å². The number of aromatic nitrogens is 1. The van der Waals surface area contributed by atoms with Gasteiger partial charge in [-0.2, -0.15) is 0 Å². The summed E-state index contributed by atoms with van der Waals surface area (Å²) < 4.78 is 5.80. The SMILES string of the molecule is C=CCOC(=O)CCC(=O)Nc1nc2ccccc2s1. The summed E-state index contributed by atoms with van der Waals surface area (Å²) in [5.74, 6) is -0.663. The van der Waals surface area contributed by atoms with Crippen molar-refractivity contribution < 1.29 is 14.3 Å². The van der Waals surface area contributed by atoms with Crippen molar-refractivity contribution in [1.82, 2.24) is 4.98 Å². The van der Waals surface area contributed by atoms with Gasteiger partial charge in [0.1, 0.15) is 6.61 Å². The van der Waals surface area contributed by atoms with Gasteiger partial charge >= 0.3 is 5.97 Å². The number of thiazole rings is 1. The Hall–Kier alpha value is -2.21. The van der Waals surface area contributed by atoms with E-state index in [0.29, 0.717) is 5.13 Å². The highest BCUT2D eigenvalue weighted by Gasteiger charge is 2.10. The fraction of sp³-hybridized carbons (Fsp3) is 0.214. The van der Waals surface area contributed by atoms with E-state index < -0.39 is 5.97 Å². The van der Waals surface area contributed by atoms with Crippen LogP contribution < -0.4 is 5.32 Å². The lowest BCUT2D eigenvalue weighted by atomic mass is 10.3. The minimum Gasteiger partial charge on any atom is -0.461 e. The number of para-hydroxylation sites is 1. The number of nitrogens with one attached hydrogen (secondary N) is 1. The van der Waals surface area contributed by atoms with Crippen LogP contribution in [0.15, 0.2) is 36.9 Å². The summed E-state index contributed by atoms with van der Waals surface area (Å²) in [4.78, 5) is 27.2. The third-order valence-corrected chi connectivity index (χ3v) is 3.41. The number of rotatable bonds is 6. The molecule has 1 heterocycles. The van der Waals surface area contributed by atoms with E-state index in [4.69, 9.17) is 4.74 Å². The van der Waals surface area contributed by atoms with Crippen LogP contribution in [-0.4, -0.2) is 23.5 Å². The van der Waals surface area contributed by atoms with Crippen LogP contribution in [0.1, 0.15) is 12.8 Å². The van der Waals surface area contributed by atoms with E-state index in [1.54, 1.807) is 0 Å². The van der Waals surface area contributed by atoms with E-state index in [2.05, 4.69) is 16.9 Å². The summed E-state index contributed by atoms with van der Waals surface area (Å²) >= 11 is 1.40. The number of amides is 1. The average molecular weight is 290 g/mol. The van der Waals surface area contributed by atoms with E-state index >= 15 is 0 Å². The number of benzene rings is 1. The Labute approximate surface area is 120 Å². The first-order chi connectivity index (χ1) is 9.69. The van der Waals surface area contributed by atoms with Crippen LogP contribution in [0, 0.1) is 0 Å². The van der Waals surface area contributed by atoms with Crippen molar-refractivity contribution in [2.75, 3.05) is 11.9 Å². The number of carbonyl (C=O) groups excluding carboxylic acids is 2. The first kappa shape index (κ1) is 14.2. The molecule has 1 N–H and O–H groups in total. The molecule has 20 heavy (non-hydrogen) atoms. The van der Waals surface area contributed by atoms with Gasteiger partial charge < -0.3 is 10.1 Å². The summed E-state index contributed by atoms with van der Waals surface area (Å²) in [5, 5.41) is 3.22. The monoisotopic (exact) mass is 290 g/mol. The zero-order valence-corrected chi connectivity index (χ0v) is 11.6. The topological polar surface area (TPSA) is 68.3 Å². The molecule has 0 unspecified atom stereocenters. The highest BCUT2D eigenvalue weighted by molar-refractivity contribution is 7.22. The second kappa shape index (κ2) is 6.81. The van der Waals surface area contributed by atoms with E-state index in [1.165, 1.54) is 17.4 Å². The van der Waals surface area contributed by atoms with Crippen molar-refractivity contribution in [2.24, 2.45) is 0 Å². The maximum Gasteiger partial charge on any atom is 0.306 e. The Morgan fingerprint density at radius 2 is 2.15 bits per heavy atom. The molecule has 1 aromatic carbocycles. The molecule has 5 nitrogen and oxygen atoms in total. The number of ether oxygens (including phenoxy) is 1. The Morgan fingerprint density at radius 3 is 2.90 bits per heavy atom. The lowest BCUT2D eigenvalue weighted by Crippen LogP contribution is -2.14. The number of anilines is 1. The van der Waals surface area contributed by atoms with E-state index in [9.17, 15) is 9.59 Å². The second-order valence-corrected chi connectivity index (χ2v) is 5.04. The number of hydrogen-bond donors (Lipinski definition) is 1. The van der Waals surface area contributed by atoms with Gasteiger partial charge in [-0.15, -0.1) is 0 Å². The molecule has 0 atom stereocenters. The molecule has 6 heteroatoms. The van der Waals surface area contributed by atoms with Crippen molar-refractivity contribution in [3.05, 3.63) is 36.9 Å². The summed E-state index contributed by atoms with van der Waals surface area (Å²) in [6.07, 6.45) is 1.61. The van der Waals surface area contributed by atoms with Crippen molar-refractivity contribution in [2.45, 2.75) is 12.8 Å². The molecule has 2 rings (SSSR count). The third kappa shape index (κ3) is 3.89. The molecule has 0 radical (unpaired) electrons. The molecule has 0 aliphatic heterocycles. The van der Waals surface area contributed by atoms with Crippen molar-refractivity contribution in [3.63, 3.8) is 0 Å². The number of esters is 1. The molecule has 2 aromatic rings. The van der Waals surface area contributed by atoms with Crippen LogP contribution in [0.4, 0.5) is 5.13 Å². The van der Waals surface area contributed by atoms with Gasteiger partial charge in [0.25, 0.3) is 0 Å². The van der Waals surface area contributed by atoms with Gasteiger partial charge in [0.2, 0.25) is 5.91 Å². The maximum atomic E-state index is 11.7. The predicted molar refractivity (Wildman–Crippen MR) is 78.6 cm³/mol. The Morgan fingerprint density at radius 1 is 1.35 bits per heavy atom. The molecular weight excluding hydrogens is 276 g/mol. The molecule has 0 fully saturated rings. The Kier molecular flexibility index (Phi) is 4.84. The lowest BCUT2D eigenvalue weighted by molar-refractivity contribution is -0.143. The number of fused-ring (bicyclic) bond motifs is 1. The van der Waals surface area contributed by atoms with Crippen molar-refractivity contribution in [1.29, 1.82) is 0 Å². The van der Waals surface area contributed by atoms with Crippen LogP contribution in [-0.2, 0) is 14.3 Å². The Bertz CT molecular complexity index is 603. The van der Waals surface area contributed by atoms with Crippen LogP contribution in [0.25, 0.3) is 10.2 Å². The molecule has 0 spiro atoms. The van der Waals surface area contributed by atoms with Crippen molar-refractivity contribution >= 4 is 38.6 Å². The molecule has 1 aromatic heterocycles. The van der Waals surface area contributed by atoms with Gasteiger partial charge in [-0.3, -0.25) is 9.59 Å². The molecule has 0 saturated carbocycles. The summed E-state index contributed by atoms with van der Waals surface area (Å²) in [6, 6.07) is 7.63. The second-order valence-electron chi connectivity index (χ2n) is 4.01. The summed E-state index contributed by atoms with van der Waals surface area (Å²) in [6.45, 7) is 3.61. The minimum atomic E-state index is -0.413. The molecule has 104 valence electrons. The van der Waals surface area contributed by atoms with Crippen molar-refractivity contribution in [3.8, 4) is 0 Å². The van der Waals surface area contributed by atoms with Crippen LogP contribution in [0.3, 0.4) is 0 Å². The molecule has 0 bridgehead atoms. The Balaban J connectivity index is 1.85. The number of nitrogens with zero attached hydrogens (tertiary/aromatic N) is 1. The maximum absolute atomic E-state index is 11.7. The van der Waals surface area contributed by atoms with Crippen LogP contribution in [0.2, 0.25) is 0 Å². The zero-order valence-electron chi connectivity index (χ0n) is 10.8. The lowest BCUT2D eigenvalue weighted by Gasteiger charge is -2.02. The van der Waals surface area contributed by atoms with E-state index in [0.717, 1.165) is 10.2 Å². The third-order valence-electron chi connectivity index (χ3n) is 2.46. The van der Waals surface area contributed by atoms with E-state index in [-0.39, 0.29) is 25.4 Å². The molecule has 1 amide bonds. The standard InChI is InChI=1S/C14H14N2O3S/c1-2-9-19-13(18)8-7-12(17)16-14-15-10-5-3-4-6-11(10)20-14/h2-6H,1,7-9H2,(H,15,16,17). The molecule has 0 aliphatic rings. The summed E-state index contributed by atoms with van der Waals surface area (Å²) in [7, 11) is 0. The normalized spacial score (nSPS) is 10.2. The van der Waals surface area contributed by atoms with Gasteiger partial charge in [0.15, 0.2) is 5.13 Å². The fourth-order valence-electron chi connectivity index (χ4n) is 1.55. The van der Waals surface area contributed by atoms with Gasteiger partial charge in [-0.05, 0) is 12.1 Å². The minimum absolute atomic E-state index is 0.0462. The largest absolute Gasteiger partial charge is 0.461 e. The highest BCUT2D eigenvalue weighted by Crippen LogP contribution is 2.25. The van der Waals surface area contributed by atoms with Gasteiger partial charge in [0, 0.05) is 6.42 Å². The molecule has 0 aliphatic carbocycles. The number of hydrogen-bond acceptors (Lipinski definition) is 5. The smallest absolute Gasteiger partial charge is 0.306 e. The zero-order chi connectivity index (χ0) is 14.4. The molecular formula is C14H14N2O3S. The van der Waals surface area contributed by atoms with Gasteiger partial charge in [-0.1, -0.05) is 36.1 Å². The van der Waals surface area contributed by atoms with Gasteiger partial charge in [0.05, 0.1) is 16.6 Å². The number of carbonyl (C=O) groups is 2. The van der Waals surface area contributed by atoms with Gasteiger partial charge in [-0.25, -0.2) is 4.98 Å². The first-order valence-corrected chi connectivity index (χ1v) is 6.92. The average Bonchev–Trinajstić information content (AvgIpc) is 2.84. The molecule has 0 saturated heterocycles. The predicted octanol–water partition coefficient (Wildman–Crippen LogP) is 2.74.